The van der Waals surface area contributed by atoms with Gasteiger partial charge in [-0.1, -0.05) is 6.92 Å². The molecule has 8 heteroatoms. The van der Waals surface area contributed by atoms with Crippen molar-refractivity contribution in [3.8, 4) is 0 Å². The molecule has 0 aliphatic carbocycles. The minimum Gasteiger partial charge on any atom is -0.463 e. The lowest BCUT2D eigenvalue weighted by atomic mass is 10.2. The van der Waals surface area contributed by atoms with Gasteiger partial charge >= 0.3 is 0 Å². The summed E-state index contributed by atoms with van der Waals surface area (Å²) in [4.78, 5) is 19.0. The zero-order valence-corrected chi connectivity index (χ0v) is 14.2. The van der Waals surface area contributed by atoms with Gasteiger partial charge in [0.1, 0.15) is 30.1 Å². The van der Waals surface area contributed by atoms with E-state index in [1.165, 1.54) is 0 Å². The molecule has 1 unspecified atom stereocenters. The summed E-state index contributed by atoms with van der Waals surface area (Å²) in [7, 11) is 1.59. The first-order valence-corrected chi connectivity index (χ1v) is 8.02. The van der Waals surface area contributed by atoms with Crippen molar-refractivity contribution in [2.75, 3.05) is 26.8 Å². The second kappa shape index (κ2) is 7.14. The zero-order chi connectivity index (χ0) is 17.1. The fourth-order valence-electron chi connectivity index (χ4n) is 2.74. The molecule has 1 fully saturated rings. The van der Waals surface area contributed by atoms with Crippen LogP contribution in [0.25, 0.3) is 0 Å². The molecule has 1 atom stereocenters. The Morgan fingerprint density at radius 1 is 1.54 bits per heavy atom. The first-order valence-electron chi connectivity index (χ1n) is 8.02. The fraction of sp³-hybridized carbons (Fsp3) is 0.562. The molecular weight excluding hydrogens is 312 g/mol. The lowest BCUT2D eigenvalue weighted by Crippen LogP contribution is -2.42. The molecule has 3 rings (SSSR count). The summed E-state index contributed by atoms with van der Waals surface area (Å²) in [5, 5.41) is 7.07. The number of ether oxygens (including phenoxy) is 2. The third-order valence-electron chi connectivity index (χ3n) is 4.01. The number of aromatic nitrogens is 3. The van der Waals surface area contributed by atoms with Gasteiger partial charge in [0.2, 0.25) is 0 Å². The van der Waals surface area contributed by atoms with E-state index >= 15 is 0 Å². The minimum atomic E-state index is -0.315. The molecule has 8 nitrogen and oxygen atoms in total. The molecule has 24 heavy (non-hydrogen) atoms. The number of carbonyl (C=O) groups excluding carboxylic acids is 1. The first-order chi connectivity index (χ1) is 11.6. The lowest BCUT2D eigenvalue weighted by molar-refractivity contribution is -0.0267. The van der Waals surface area contributed by atoms with E-state index in [0.717, 1.165) is 12.2 Å². The molecule has 1 aliphatic rings. The van der Waals surface area contributed by atoms with Crippen molar-refractivity contribution < 1.29 is 18.7 Å². The van der Waals surface area contributed by atoms with Crippen molar-refractivity contribution in [3.05, 3.63) is 34.8 Å². The molecule has 0 saturated carbocycles. The predicted molar refractivity (Wildman–Crippen MR) is 84.5 cm³/mol. The largest absolute Gasteiger partial charge is 0.463 e. The molecule has 130 valence electrons. The van der Waals surface area contributed by atoms with Crippen LogP contribution in [0.3, 0.4) is 0 Å². The van der Waals surface area contributed by atoms with Crippen LogP contribution in [0.15, 0.2) is 10.5 Å². The van der Waals surface area contributed by atoms with E-state index in [1.807, 2.05) is 6.92 Å². The summed E-state index contributed by atoms with van der Waals surface area (Å²) < 4.78 is 16.3. The van der Waals surface area contributed by atoms with Gasteiger partial charge in [-0.15, -0.1) is 0 Å². The lowest BCUT2D eigenvalue weighted by Gasteiger charge is -2.31. The highest BCUT2D eigenvalue weighted by Gasteiger charge is 2.30. The number of nitrogens with zero attached hydrogens (tertiary/aromatic N) is 3. The van der Waals surface area contributed by atoms with E-state index in [0.29, 0.717) is 49.2 Å². The van der Waals surface area contributed by atoms with Crippen LogP contribution in [0.4, 0.5) is 0 Å². The minimum absolute atomic E-state index is 0.0712. The summed E-state index contributed by atoms with van der Waals surface area (Å²) >= 11 is 0. The van der Waals surface area contributed by atoms with E-state index in [-0.39, 0.29) is 12.0 Å². The maximum absolute atomic E-state index is 12.8. The van der Waals surface area contributed by atoms with Gasteiger partial charge < -0.3 is 18.8 Å². The van der Waals surface area contributed by atoms with Crippen LogP contribution in [-0.4, -0.2) is 52.8 Å². The quantitative estimate of drug-likeness (QED) is 0.893. The molecule has 0 radical (unpaired) electrons. The van der Waals surface area contributed by atoms with Gasteiger partial charge in [-0.3, -0.25) is 9.89 Å². The molecule has 1 saturated heterocycles. The van der Waals surface area contributed by atoms with Crippen molar-refractivity contribution in [3.63, 3.8) is 0 Å². The number of carbonyl (C=O) groups is 1. The Morgan fingerprint density at radius 2 is 2.38 bits per heavy atom. The topological polar surface area (TPSA) is 93.5 Å². The van der Waals surface area contributed by atoms with E-state index < -0.39 is 0 Å². The van der Waals surface area contributed by atoms with Crippen LogP contribution in [0.1, 0.15) is 46.6 Å². The number of rotatable bonds is 5. The number of aromatic amines is 1. The molecule has 1 aliphatic heterocycles. The predicted octanol–water partition coefficient (Wildman–Crippen LogP) is 1.63. The van der Waals surface area contributed by atoms with E-state index in [1.54, 1.807) is 25.0 Å². The summed E-state index contributed by atoms with van der Waals surface area (Å²) in [5.41, 5.74) is 0.562. The SMILES string of the molecule is CCc1nc(C2CN(C(=O)c3cc(COC)oc3C)CCO2)n[nH]1. The number of amides is 1. The number of hydrogen-bond donors (Lipinski definition) is 1. The van der Waals surface area contributed by atoms with Crippen LogP contribution < -0.4 is 0 Å². The van der Waals surface area contributed by atoms with Crippen LogP contribution >= 0.6 is 0 Å². The van der Waals surface area contributed by atoms with Gasteiger partial charge in [-0.25, -0.2) is 4.98 Å². The molecule has 0 bridgehead atoms. The van der Waals surface area contributed by atoms with Crippen LogP contribution in [0.5, 0.6) is 0 Å². The molecule has 2 aromatic rings. The molecule has 1 amide bonds. The molecule has 2 aromatic heterocycles. The average molecular weight is 334 g/mol. The summed E-state index contributed by atoms with van der Waals surface area (Å²) in [6, 6.07) is 1.74. The Hall–Kier alpha value is -2.19. The fourth-order valence-corrected chi connectivity index (χ4v) is 2.74. The van der Waals surface area contributed by atoms with Gasteiger partial charge in [0.25, 0.3) is 5.91 Å². The Labute approximate surface area is 140 Å². The highest BCUT2D eigenvalue weighted by molar-refractivity contribution is 5.95. The summed E-state index contributed by atoms with van der Waals surface area (Å²) in [5.74, 6) is 2.57. The monoisotopic (exact) mass is 334 g/mol. The second-order valence-electron chi connectivity index (χ2n) is 5.72. The number of aryl methyl sites for hydroxylation is 2. The molecule has 1 N–H and O–H groups in total. The van der Waals surface area contributed by atoms with E-state index in [9.17, 15) is 4.79 Å². The van der Waals surface area contributed by atoms with Gasteiger partial charge in [0.05, 0.1) is 18.7 Å². The van der Waals surface area contributed by atoms with Crippen molar-refractivity contribution in [1.82, 2.24) is 20.1 Å². The van der Waals surface area contributed by atoms with Gasteiger partial charge in [0.15, 0.2) is 5.82 Å². The standard InChI is InChI=1S/C16H22N4O4/c1-4-14-17-15(19-18-14)13-8-20(5-6-23-13)16(21)12-7-11(9-22-3)24-10(12)2/h7,13H,4-6,8-9H2,1-3H3,(H,17,18,19). The number of H-pyrrole nitrogens is 1. The average Bonchev–Trinajstić information content (AvgIpc) is 3.21. The van der Waals surface area contributed by atoms with Crippen LogP contribution in [0.2, 0.25) is 0 Å². The number of nitrogens with one attached hydrogen (secondary N) is 1. The summed E-state index contributed by atoms with van der Waals surface area (Å²) in [6.45, 7) is 5.54. The Balaban J connectivity index is 1.73. The third kappa shape index (κ3) is 3.34. The zero-order valence-electron chi connectivity index (χ0n) is 14.2. The van der Waals surface area contributed by atoms with Crippen LogP contribution in [-0.2, 0) is 22.5 Å². The van der Waals surface area contributed by atoms with E-state index in [2.05, 4.69) is 15.2 Å². The Kier molecular flexibility index (Phi) is 4.96. The first kappa shape index (κ1) is 16.7. The highest BCUT2D eigenvalue weighted by Crippen LogP contribution is 2.23. The van der Waals surface area contributed by atoms with Gasteiger partial charge in [-0.2, -0.15) is 5.10 Å². The normalized spacial score (nSPS) is 18.1. The maximum atomic E-state index is 12.8. The molecule has 3 heterocycles. The van der Waals surface area contributed by atoms with Gasteiger partial charge in [0, 0.05) is 20.1 Å². The molecular formula is C16H22N4O4. The number of furan rings is 1. The molecule has 0 spiro atoms. The highest BCUT2D eigenvalue weighted by atomic mass is 16.5. The molecule has 0 aromatic carbocycles. The second-order valence-corrected chi connectivity index (χ2v) is 5.72. The number of hydrogen-bond acceptors (Lipinski definition) is 6. The Bertz CT molecular complexity index is 709. The van der Waals surface area contributed by atoms with Gasteiger partial charge in [-0.05, 0) is 13.0 Å². The van der Waals surface area contributed by atoms with Crippen molar-refractivity contribution in [1.29, 1.82) is 0 Å². The smallest absolute Gasteiger partial charge is 0.257 e. The van der Waals surface area contributed by atoms with Crippen molar-refractivity contribution in [2.45, 2.75) is 33.0 Å². The Morgan fingerprint density at radius 3 is 3.08 bits per heavy atom. The van der Waals surface area contributed by atoms with Crippen LogP contribution in [0, 0.1) is 6.92 Å². The summed E-state index contributed by atoms with van der Waals surface area (Å²) in [6.07, 6.45) is 0.462. The van der Waals surface area contributed by atoms with Crippen molar-refractivity contribution >= 4 is 5.91 Å². The van der Waals surface area contributed by atoms with E-state index in [4.69, 9.17) is 13.9 Å². The maximum Gasteiger partial charge on any atom is 0.257 e. The number of morpholine rings is 1. The van der Waals surface area contributed by atoms with Crippen molar-refractivity contribution in [2.24, 2.45) is 0 Å². The third-order valence-corrected chi connectivity index (χ3v) is 4.01. The number of methoxy groups -OCH3 is 1.